The Morgan fingerprint density at radius 2 is 1.82 bits per heavy atom. The minimum absolute atomic E-state index is 0.272. The van der Waals surface area contributed by atoms with Gasteiger partial charge >= 0.3 is 5.97 Å². The van der Waals surface area contributed by atoms with Crippen molar-refractivity contribution in [1.82, 2.24) is 14.8 Å². The van der Waals surface area contributed by atoms with Gasteiger partial charge in [-0.15, -0.1) is 0 Å². The summed E-state index contributed by atoms with van der Waals surface area (Å²) >= 11 is 13.0. The molecule has 2 aliphatic heterocycles. The summed E-state index contributed by atoms with van der Waals surface area (Å²) in [6, 6.07) is 23.4. The van der Waals surface area contributed by atoms with Crippen molar-refractivity contribution in [2.24, 2.45) is 0 Å². The van der Waals surface area contributed by atoms with E-state index >= 15 is 0 Å². The van der Waals surface area contributed by atoms with Gasteiger partial charge in [0.25, 0.3) is 0 Å². The maximum atomic E-state index is 11.2. The number of rotatable bonds is 10. The van der Waals surface area contributed by atoms with Gasteiger partial charge in [-0.2, -0.15) is 0 Å². The quantitative estimate of drug-likeness (QED) is 0.152. The van der Waals surface area contributed by atoms with Crippen molar-refractivity contribution in [3.63, 3.8) is 0 Å². The van der Waals surface area contributed by atoms with E-state index in [4.69, 9.17) is 44.0 Å². The summed E-state index contributed by atoms with van der Waals surface area (Å²) in [5, 5.41) is 10.2. The lowest BCUT2D eigenvalue weighted by Crippen LogP contribution is -2.38. The Bertz CT molecular complexity index is 1740. The van der Waals surface area contributed by atoms with E-state index < -0.39 is 5.97 Å². The molecule has 0 radical (unpaired) electrons. The topological polar surface area (TPSA) is 75.1 Å². The van der Waals surface area contributed by atoms with Crippen LogP contribution in [0.3, 0.4) is 0 Å². The van der Waals surface area contributed by atoms with Gasteiger partial charge in [-0.05, 0) is 60.0 Å². The third-order valence-electron chi connectivity index (χ3n) is 7.67. The predicted molar refractivity (Wildman–Crippen MR) is 185 cm³/mol. The Balaban J connectivity index is 1.21. The highest BCUT2D eigenvalue weighted by Crippen LogP contribution is 2.37. The van der Waals surface area contributed by atoms with Crippen molar-refractivity contribution >= 4 is 68.5 Å². The molecule has 0 saturated carbocycles. The van der Waals surface area contributed by atoms with Crippen LogP contribution in [0.25, 0.3) is 28.1 Å². The summed E-state index contributed by atoms with van der Waals surface area (Å²) < 4.78 is 12.5. The summed E-state index contributed by atoms with van der Waals surface area (Å²) in [7, 11) is 0. The van der Waals surface area contributed by atoms with Crippen molar-refractivity contribution in [1.29, 1.82) is 0 Å². The summed E-state index contributed by atoms with van der Waals surface area (Å²) in [5.41, 5.74) is 5.20. The summed E-state index contributed by atoms with van der Waals surface area (Å²) in [6.45, 7) is 5.41. The number of aromatic nitrogens is 1. The van der Waals surface area contributed by atoms with Gasteiger partial charge in [-0.3, -0.25) is 9.88 Å². The zero-order valence-corrected chi connectivity index (χ0v) is 26.4. The Labute approximate surface area is 271 Å². The number of fused-ring (bicyclic) bond motifs is 1. The van der Waals surface area contributed by atoms with Crippen LogP contribution in [-0.2, 0) is 11.2 Å². The zero-order chi connectivity index (χ0) is 30.5. The molecule has 7 nitrogen and oxygen atoms in total. The number of aromatic carboxylic acids is 1. The van der Waals surface area contributed by atoms with Gasteiger partial charge in [0.05, 0.1) is 29.2 Å². The Morgan fingerprint density at radius 3 is 2.61 bits per heavy atom. The van der Waals surface area contributed by atoms with Crippen molar-refractivity contribution in [3.8, 4) is 16.9 Å². The molecule has 0 atom stereocenters. The average Bonchev–Trinajstić information content (AvgIpc) is 3.31. The number of hydrogen-bond donors (Lipinski definition) is 1. The Kier molecular flexibility index (Phi) is 9.63. The van der Waals surface area contributed by atoms with Gasteiger partial charge < -0.3 is 19.5 Å². The molecule has 3 heterocycles. The average molecular weight is 642 g/mol. The number of morpholine rings is 1. The van der Waals surface area contributed by atoms with E-state index in [-0.39, 0.29) is 5.56 Å². The predicted octanol–water partition coefficient (Wildman–Crippen LogP) is 6.56. The fourth-order valence-electron chi connectivity index (χ4n) is 5.22. The molecule has 1 aromatic heterocycles. The van der Waals surface area contributed by atoms with Crippen LogP contribution >= 0.6 is 36.2 Å². The minimum atomic E-state index is -0.933. The molecule has 0 spiro atoms. The van der Waals surface area contributed by atoms with E-state index in [1.54, 1.807) is 12.1 Å². The van der Waals surface area contributed by atoms with E-state index in [1.165, 1.54) is 11.8 Å². The van der Waals surface area contributed by atoms with Gasteiger partial charge in [-0.1, -0.05) is 72.6 Å². The molecule has 2 fully saturated rings. The fourth-order valence-corrected chi connectivity index (χ4v) is 7.02. The van der Waals surface area contributed by atoms with Gasteiger partial charge in [-0.25, -0.2) is 4.79 Å². The molecule has 4 aromatic rings. The van der Waals surface area contributed by atoms with Gasteiger partial charge in [0.2, 0.25) is 0 Å². The number of ether oxygens (including phenoxy) is 2. The number of carboxylic acids is 1. The number of nitrogens with zero attached hydrogens (tertiary/aromatic N) is 3. The highest BCUT2D eigenvalue weighted by atomic mass is 32.2. The summed E-state index contributed by atoms with van der Waals surface area (Å²) in [6.07, 6.45) is 4.68. The number of pyridine rings is 1. The zero-order valence-electron chi connectivity index (χ0n) is 24.0. The van der Waals surface area contributed by atoms with Crippen LogP contribution in [0.2, 0.25) is 0 Å². The number of para-hydroxylation sites is 1. The minimum Gasteiger partial charge on any atom is -0.492 e. The van der Waals surface area contributed by atoms with Crippen LogP contribution < -0.4 is 4.74 Å². The molecule has 6 rings (SSSR count). The fraction of sp³-hybridized carbons (Fsp3) is 0.235. The SMILES string of the molecule is O=C(O)c1ccc(CCN2C(=S)SC(=Cc3ccc(OCCN4CCOCC4)c(-c4cnc5ccccc5c4)c3)C2=S)cc1. The molecule has 1 N–H and O–H groups in total. The molecule has 10 heteroatoms. The Hall–Kier alpha value is -3.67. The molecule has 44 heavy (non-hydrogen) atoms. The first-order valence-electron chi connectivity index (χ1n) is 14.4. The van der Waals surface area contributed by atoms with E-state index in [9.17, 15) is 4.79 Å². The molecule has 0 bridgehead atoms. The lowest BCUT2D eigenvalue weighted by Gasteiger charge is -2.26. The second kappa shape index (κ2) is 14.0. The normalized spacial score (nSPS) is 16.6. The number of thioether (sulfide) groups is 1. The lowest BCUT2D eigenvalue weighted by atomic mass is 10.0. The van der Waals surface area contributed by atoms with Crippen LogP contribution in [0.1, 0.15) is 21.5 Å². The third-order valence-corrected chi connectivity index (χ3v) is 9.64. The maximum absolute atomic E-state index is 11.2. The van der Waals surface area contributed by atoms with Crippen molar-refractivity contribution < 1.29 is 19.4 Å². The molecular weight excluding hydrogens is 611 g/mol. The van der Waals surface area contributed by atoms with Crippen LogP contribution in [0.15, 0.2) is 83.9 Å². The first kappa shape index (κ1) is 30.4. The maximum Gasteiger partial charge on any atom is 0.335 e. The first-order chi connectivity index (χ1) is 21.4. The number of benzene rings is 3. The summed E-state index contributed by atoms with van der Waals surface area (Å²) in [4.78, 5) is 21.8. The van der Waals surface area contributed by atoms with Crippen LogP contribution in [0.5, 0.6) is 5.75 Å². The monoisotopic (exact) mass is 641 g/mol. The van der Waals surface area contributed by atoms with Gasteiger partial charge in [0, 0.05) is 48.9 Å². The second-order valence-corrected chi connectivity index (χ2v) is 12.6. The molecule has 2 saturated heterocycles. The first-order valence-corrected chi connectivity index (χ1v) is 16.1. The van der Waals surface area contributed by atoms with E-state index in [0.29, 0.717) is 28.9 Å². The van der Waals surface area contributed by atoms with Crippen molar-refractivity contribution in [3.05, 3.63) is 101 Å². The van der Waals surface area contributed by atoms with E-state index in [1.807, 2.05) is 53.6 Å². The second-order valence-electron chi connectivity index (χ2n) is 10.6. The number of thiocarbonyl (C=S) groups is 2. The number of carbonyl (C=O) groups is 1. The Morgan fingerprint density at radius 1 is 1.02 bits per heavy atom. The third kappa shape index (κ3) is 7.17. The molecule has 224 valence electrons. The van der Waals surface area contributed by atoms with Crippen LogP contribution in [-0.4, -0.2) is 81.2 Å². The van der Waals surface area contributed by atoms with Gasteiger partial charge in [0.15, 0.2) is 0 Å². The van der Waals surface area contributed by atoms with E-state index in [0.717, 1.165) is 76.7 Å². The van der Waals surface area contributed by atoms with Crippen LogP contribution in [0, 0.1) is 0 Å². The van der Waals surface area contributed by atoms with Crippen molar-refractivity contribution in [2.75, 3.05) is 46.0 Å². The number of hydrogen-bond acceptors (Lipinski definition) is 8. The molecule has 3 aromatic carbocycles. The van der Waals surface area contributed by atoms with E-state index in [2.05, 4.69) is 29.2 Å². The molecular formula is C34H31N3O4S3. The lowest BCUT2D eigenvalue weighted by molar-refractivity contribution is 0.0323. The largest absolute Gasteiger partial charge is 0.492 e. The number of carboxylic acid groups (broad SMARTS) is 1. The molecule has 0 amide bonds. The van der Waals surface area contributed by atoms with Crippen LogP contribution in [0.4, 0.5) is 0 Å². The smallest absolute Gasteiger partial charge is 0.335 e. The highest BCUT2D eigenvalue weighted by Gasteiger charge is 2.28. The van der Waals surface area contributed by atoms with Crippen molar-refractivity contribution in [2.45, 2.75) is 6.42 Å². The standard InChI is InChI=1S/C34H31N3O4S3/c38-33(39)25-8-5-23(6-9-25)11-12-37-32(42)31(44-34(37)43)20-24-7-10-30(41-18-15-36-13-16-40-17-14-36)28(19-24)27-21-26-3-1-2-4-29(26)35-22-27/h1-10,19-22H,11-18H2,(H,38,39). The highest BCUT2D eigenvalue weighted by molar-refractivity contribution is 8.27. The molecule has 2 aliphatic rings. The molecule has 0 unspecified atom stereocenters. The van der Waals surface area contributed by atoms with Gasteiger partial charge in [0.1, 0.15) is 21.7 Å². The molecule has 0 aliphatic carbocycles. The summed E-state index contributed by atoms with van der Waals surface area (Å²) in [5.74, 6) is -0.123.